The Morgan fingerprint density at radius 1 is 1.13 bits per heavy atom. The zero-order valence-corrected chi connectivity index (χ0v) is 26.0. The number of imidazole rings is 1. The number of likely N-dealkylation sites (tertiary alicyclic amines) is 1. The van der Waals surface area contributed by atoms with Gasteiger partial charge >= 0.3 is 12.1 Å². The summed E-state index contributed by atoms with van der Waals surface area (Å²) in [7, 11) is 1.02. The lowest BCUT2D eigenvalue weighted by Gasteiger charge is -2.43. The minimum atomic E-state index is -4.90. The van der Waals surface area contributed by atoms with E-state index in [0.29, 0.717) is 28.7 Å². The zero-order chi connectivity index (χ0) is 32.5. The number of methoxy groups -OCH3 is 1. The Morgan fingerprint density at radius 2 is 1.89 bits per heavy atom. The van der Waals surface area contributed by atoms with Gasteiger partial charge in [-0.05, 0) is 54.7 Å². The van der Waals surface area contributed by atoms with Crippen molar-refractivity contribution in [3.8, 4) is 0 Å². The molecule has 2 aliphatic carbocycles. The summed E-state index contributed by atoms with van der Waals surface area (Å²) in [4.78, 5) is 33.1. The monoisotopic (exact) mass is 672 g/mol. The number of anilines is 1. The molecule has 5 atom stereocenters. The number of fused-ring (bicyclic) bond motifs is 4. The highest BCUT2D eigenvalue weighted by molar-refractivity contribution is 6.31. The Labute approximate surface area is 270 Å². The molecule has 238 valence electrons. The van der Waals surface area contributed by atoms with Gasteiger partial charge in [0.25, 0.3) is 0 Å². The summed E-state index contributed by atoms with van der Waals surface area (Å²) in [6.45, 7) is 2.47. The predicted octanol–water partition coefficient (Wildman–Crippen LogP) is 7.57. The number of halogens is 6. The number of nitrogens with zero attached hydrogens (tertiary/aromatic N) is 3. The van der Waals surface area contributed by atoms with E-state index in [2.05, 4.69) is 19.9 Å². The summed E-state index contributed by atoms with van der Waals surface area (Å²) in [5, 5.41) is 3.34. The molecule has 1 amide bonds. The van der Waals surface area contributed by atoms with Crippen LogP contribution in [0.15, 0.2) is 54.9 Å². The highest BCUT2D eigenvalue weighted by Crippen LogP contribution is 2.79. The Balaban J connectivity index is 1.37. The minimum absolute atomic E-state index is 0.0985. The topological polar surface area (TPSA) is 76.5 Å². The average molecular weight is 673 g/mol. The van der Waals surface area contributed by atoms with Crippen LogP contribution in [0.25, 0.3) is 11.0 Å². The van der Waals surface area contributed by atoms with Crippen molar-refractivity contribution >= 4 is 51.8 Å². The fourth-order valence-corrected chi connectivity index (χ4v) is 8.87. The van der Waals surface area contributed by atoms with Gasteiger partial charge in [0.05, 0.1) is 41.1 Å². The largest absolute Gasteiger partial charge is 0.465 e. The third kappa shape index (κ3) is 3.79. The first-order chi connectivity index (χ1) is 21.8. The van der Waals surface area contributed by atoms with Gasteiger partial charge in [-0.1, -0.05) is 48.3 Å². The molecule has 0 radical (unpaired) electrons. The first-order valence-corrected chi connectivity index (χ1v) is 15.6. The first-order valence-electron chi connectivity index (χ1n) is 14.8. The SMILES string of the molecule is COC(=O)c1ccc2c(ncn2C2[C@@H]3N(CC4CC4)[C@@]4(C(=O)Nc5cc(Cl)ccc54)[C@@H](c4cccc(Cl)c4F)C23C)c1C(F)(F)F. The predicted molar refractivity (Wildman–Crippen MR) is 162 cm³/mol. The molecule has 4 aromatic rings. The Kier molecular flexibility index (Phi) is 6.25. The van der Waals surface area contributed by atoms with Gasteiger partial charge < -0.3 is 14.6 Å². The smallest absolute Gasteiger partial charge is 0.419 e. The van der Waals surface area contributed by atoms with Gasteiger partial charge in [-0.25, -0.2) is 14.2 Å². The van der Waals surface area contributed by atoms with E-state index < -0.39 is 63.6 Å². The summed E-state index contributed by atoms with van der Waals surface area (Å²) in [6, 6.07) is 11.5. The summed E-state index contributed by atoms with van der Waals surface area (Å²) >= 11 is 12.7. The molecular formula is C33H26Cl2F4N4O3. The number of piperidine rings is 1. The van der Waals surface area contributed by atoms with E-state index in [9.17, 15) is 22.8 Å². The van der Waals surface area contributed by atoms with Crippen LogP contribution in [0.2, 0.25) is 10.0 Å². The fourth-order valence-electron chi connectivity index (χ4n) is 8.51. The van der Waals surface area contributed by atoms with Crippen LogP contribution in [0.4, 0.5) is 23.2 Å². The van der Waals surface area contributed by atoms with Crippen molar-refractivity contribution in [3.63, 3.8) is 0 Å². The molecule has 3 heterocycles. The summed E-state index contributed by atoms with van der Waals surface area (Å²) in [5.74, 6) is -2.60. The zero-order valence-electron chi connectivity index (χ0n) is 24.5. The minimum Gasteiger partial charge on any atom is -0.465 e. The van der Waals surface area contributed by atoms with Crippen molar-refractivity contribution in [2.45, 2.75) is 49.5 Å². The number of hydrogen-bond donors (Lipinski definition) is 1. The Hall–Kier alpha value is -3.67. The summed E-state index contributed by atoms with van der Waals surface area (Å²) in [6.07, 6.45) is -1.63. The number of hydrogen-bond acceptors (Lipinski definition) is 5. The van der Waals surface area contributed by atoms with Crippen LogP contribution in [0.1, 0.15) is 58.8 Å². The molecular weight excluding hydrogens is 647 g/mol. The first kappa shape index (κ1) is 29.7. The van der Waals surface area contributed by atoms with E-state index >= 15 is 4.39 Å². The standard InChI is InChI=1S/C33H26Cl2F4N4O3/c1-31-26(18-4-3-5-20(35)24(18)36)32(19-10-8-16(34)12-21(19)41-30(32)45)43(13-15-6-7-15)28(31)27(31)42-14-40-25-22(42)11-9-17(29(44)46-2)23(25)33(37,38)39/h3-5,8-12,14-15,26-28H,6-7,13H2,1-2H3,(H,41,45)/t26-,27?,28-,31?,32+/m0/s1. The quantitative estimate of drug-likeness (QED) is 0.175. The Morgan fingerprint density at radius 3 is 2.59 bits per heavy atom. The number of nitrogens with one attached hydrogen (secondary N) is 1. The molecule has 3 aromatic carbocycles. The number of rotatable bonds is 5. The Bertz CT molecular complexity index is 2000. The molecule has 2 unspecified atom stereocenters. The number of ether oxygens (including phenoxy) is 1. The van der Waals surface area contributed by atoms with E-state index in [-0.39, 0.29) is 22.0 Å². The van der Waals surface area contributed by atoms with Crippen LogP contribution in [-0.2, 0) is 21.2 Å². The highest BCUT2D eigenvalue weighted by Gasteiger charge is 2.83. The maximum absolute atomic E-state index is 16.2. The second-order valence-electron chi connectivity index (χ2n) is 12.8. The number of carbonyl (C=O) groups is 2. The van der Waals surface area contributed by atoms with Crippen LogP contribution in [0.3, 0.4) is 0 Å². The molecule has 7 nitrogen and oxygen atoms in total. The van der Waals surface area contributed by atoms with Crippen molar-refractivity contribution in [1.29, 1.82) is 0 Å². The molecule has 13 heteroatoms. The maximum Gasteiger partial charge on any atom is 0.419 e. The average Bonchev–Trinajstić information content (AvgIpc) is 3.83. The van der Waals surface area contributed by atoms with Crippen LogP contribution in [0.5, 0.6) is 0 Å². The van der Waals surface area contributed by atoms with Gasteiger partial charge in [-0.3, -0.25) is 9.69 Å². The third-order valence-electron chi connectivity index (χ3n) is 10.5. The van der Waals surface area contributed by atoms with Crippen molar-refractivity contribution in [3.05, 3.63) is 93.0 Å². The third-order valence-corrected chi connectivity index (χ3v) is 11.0. The number of amides is 1. The number of aromatic nitrogens is 2. The normalized spacial score (nSPS) is 28.4. The van der Waals surface area contributed by atoms with E-state index in [1.165, 1.54) is 18.5 Å². The summed E-state index contributed by atoms with van der Waals surface area (Å²) in [5.41, 5.74) is -2.82. The van der Waals surface area contributed by atoms with Gasteiger partial charge in [0.15, 0.2) is 0 Å². The molecule has 2 aliphatic heterocycles. The van der Waals surface area contributed by atoms with Crippen molar-refractivity contribution in [1.82, 2.24) is 14.5 Å². The van der Waals surface area contributed by atoms with Crippen LogP contribution in [-0.4, -0.2) is 46.0 Å². The number of carbonyl (C=O) groups excluding carboxylic acids is 2. The molecule has 1 aromatic heterocycles. The van der Waals surface area contributed by atoms with Crippen molar-refractivity contribution < 1.29 is 31.9 Å². The second-order valence-corrected chi connectivity index (χ2v) is 13.7. The second kappa shape index (κ2) is 9.68. The van der Waals surface area contributed by atoms with Gasteiger partial charge in [0, 0.05) is 40.2 Å². The molecule has 1 N–H and O–H groups in total. The van der Waals surface area contributed by atoms with Crippen LogP contribution < -0.4 is 5.32 Å². The lowest BCUT2D eigenvalue weighted by atomic mass is 9.68. The number of esters is 1. The van der Waals surface area contributed by atoms with Gasteiger partial charge in [-0.2, -0.15) is 13.2 Å². The highest BCUT2D eigenvalue weighted by atomic mass is 35.5. The van der Waals surface area contributed by atoms with E-state index in [0.717, 1.165) is 26.0 Å². The molecule has 0 bridgehead atoms. The van der Waals surface area contributed by atoms with Gasteiger partial charge in [0.2, 0.25) is 5.91 Å². The molecule has 4 aliphatic rings. The van der Waals surface area contributed by atoms with Gasteiger partial charge in [0.1, 0.15) is 16.9 Å². The van der Waals surface area contributed by atoms with Gasteiger partial charge in [-0.15, -0.1) is 0 Å². The molecule has 2 saturated carbocycles. The van der Waals surface area contributed by atoms with E-state index in [1.807, 2.05) is 6.92 Å². The summed E-state index contributed by atoms with van der Waals surface area (Å²) < 4.78 is 65.8. The van der Waals surface area contributed by atoms with Crippen molar-refractivity contribution in [2.24, 2.45) is 11.3 Å². The number of alkyl halides is 3. The lowest BCUT2D eigenvalue weighted by Crippen LogP contribution is -2.54. The van der Waals surface area contributed by atoms with Crippen molar-refractivity contribution in [2.75, 3.05) is 19.0 Å². The molecule has 8 rings (SSSR count). The number of benzene rings is 3. The lowest BCUT2D eigenvalue weighted by molar-refractivity contribution is -0.137. The van der Waals surface area contributed by atoms with E-state index in [1.54, 1.807) is 34.9 Å². The van der Waals surface area contributed by atoms with Crippen LogP contribution >= 0.6 is 23.2 Å². The fraction of sp³-hybridized carbons (Fsp3) is 0.364. The molecule has 1 saturated heterocycles. The molecule has 1 spiro atoms. The molecule has 3 fully saturated rings. The maximum atomic E-state index is 16.2. The van der Waals surface area contributed by atoms with E-state index in [4.69, 9.17) is 23.2 Å². The van der Waals surface area contributed by atoms with Crippen LogP contribution in [0, 0.1) is 17.2 Å². The molecule has 46 heavy (non-hydrogen) atoms.